The van der Waals surface area contributed by atoms with Gasteiger partial charge in [-0.1, -0.05) is 0 Å². The van der Waals surface area contributed by atoms with Gasteiger partial charge in [-0.2, -0.15) is 13.2 Å². The third kappa shape index (κ3) is 6.86. The largest absolute Gasteiger partial charge is 0.465 e. The van der Waals surface area contributed by atoms with Crippen LogP contribution in [0.3, 0.4) is 0 Å². The molecule has 1 saturated heterocycles. The van der Waals surface area contributed by atoms with E-state index in [0.29, 0.717) is 25.4 Å². The Morgan fingerprint density at radius 1 is 1.21 bits per heavy atom. The lowest BCUT2D eigenvalue weighted by molar-refractivity contribution is -0.141. The first-order valence-corrected chi connectivity index (χ1v) is 10.8. The van der Waals surface area contributed by atoms with Crippen LogP contribution in [-0.2, 0) is 20.5 Å². The van der Waals surface area contributed by atoms with E-state index in [9.17, 15) is 22.8 Å². The van der Waals surface area contributed by atoms with Crippen molar-refractivity contribution < 1.29 is 32.2 Å². The molecule has 9 nitrogen and oxygen atoms in total. The van der Waals surface area contributed by atoms with Crippen molar-refractivity contribution in [3.63, 3.8) is 0 Å². The number of hydrogen-bond donors (Lipinski definition) is 1. The molecular formula is C22H26F3N5O4. The number of aryl methyl sites for hydroxylation is 1. The molecule has 12 heteroatoms. The molecule has 0 unspecified atom stereocenters. The van der Waals surface area contributed by atoms with Crippen LogP contribution in [-0.4, -0.2) is 64.3 Å². The van der Waals surface area contributed by atoms with Gasteiger partial charge in [0.1, 0.15) is 18.1 Å². The van der Waals surface area contributed by atoms with Crippen LogP contribution in [0.25, 0.3) is 11.3 Å². The van der Waals surface area contributed by atoms with E-state index in [2.05, 4.69) is 25.4 Å². The fraction of sp³-hybridized carbons (Fsp3) is 0.500. The van der Waals surface area contributed by atoms with E-state index >= 15 is 0 Å². The second-order valence-corrected chi connectivity index (χ2v) is 8.00. The number of benzene rings is 1. The lowest BCUT2D eigenvalue weighted by Crippen LogP contribution is -2.43. The van der Waals surface area contributed by atoms with Gasteiger partial charge in [0.05, 0.1) is 11.3 Å². The van der Waals surface area contributed by atoms with Crippen LogP contribution in [0, 0.1) is 6.92 Å². The number of likely N-dealkylation sites (tertiary alicyclic amines) is 1. The Labute approximate surface area is 194 Å². The lowest BCUT2D eigenvalue weighted by atomic mass is 10.1. The lowest BCUT2D eigenvalue weighted by Gasteiger charge is -2.32. The van der Waals surface area contributed by atoms with Gasteiger partial charge >= 0.3 is 18.1 Å². The Morgan fingerprint density at radius 3 is 2.62 bits per heavy atom. The zero-order valence-corrected chi connectivity index (χ0v) is 19.1. The van der Waals surface area contributed by atoms with Crippen molar-refractivity contribution in [3.05, 3.63) is 29.5 Å². The van der Waals surface area contributed by atoms with Crippen LogP contribution in [0.4, 0.5) is 19.1 Å². The molecule has 34 heavy (non-hydrogen) atoms. The SMILES string of the molecule is CC(=O)OCCN1CCC[C@@H](Nc2nnc(-c3ccc(C(F)(F)F)cc3OC(C)=O)c(C)n2)C1. The maximum Gasteiger partial charge on any atom is 0.416 e. The highest BCUT2D eigenvalue weighted by atomic mass is 19.4. The number of carbonyl (C=O) groups is 2. The Hall–Kier alpha value is -3.28. The minimum absolute atomic E-state index is 0.0563. The summed E-state index contributed by atoms with van der Waals surface area (Å²) in [5.41, 5.74) is -0.142. The number of hydrogen-bond acceptors (Lipinski definition) is 9. The molecule has 1 aliphatic rings. The fourth-order valence-electron chi connectivity index (χ4n) is 3.72. The van der Waals surface area contributed by atoms with Gasteiger partial charge in [0.25, 0.3) is 0 Å². The summed E-state index contributed by atoms with van der Waals surface area (Å²) in [5.74, 6) is -1.05. The first-order valence-electron chi connectivity index (χ1n) is 10.8. The van der Waals surface area contributed by atoms with Gasteiger partial charge in [-0.25, -0.2) is 4.98 Å². The van der Waals surface area contributed by atoms with Crippen molar-refractivity contribution in [2.24, 2.45) is 0 Å². The number of rotatable bonds is 7. The normalized spacial score (nSPS) is 16.7. The Bertz CT molecular complexity index is 1050. The van der Waals surface area contributed by atoms with Crippen LogP contribution in [0.2, 0.25) is 0 Å². The summed E-state index contributed by atoms with van der Waals surface area (Å²) in [6.07, 6.45) is -2.75. The van der Waals surface area contributed by atoms with Crippen molar-refractivity contribution in [2.45, 2.75) is 45.8 Å². The van der Waals surface area contributed by atoms with Crippen molar-refractivity contribution >= 4 is 17.9 Å². The van der Waals surface area contributed by atoms with Gasteiger partial charge in [-0.3, -0.25) is 14.5 Å². The van der Waals surface area contributed by atoms with E-state index < -0.39 is 17.7 Å². The highest BCUT2D eigenvalue weighted by molar-refractivity contribution is 5.76. The number of carbonyl (C=O) groups excluding carboxylic acids is 2. The van der Waals surface area contributed by atoms with Crippen LogP contribution < -0.4 is 10.1 Å². The molecule has 0 amide bonds. The van der Waals surface area contributed by atoms with E-state index in [1.807, 2.05) is 0 Å². The summed E-state index contributed by atoms with van der Waals surface area (Å²) in [5, 5.41) is 11.5. The van der Waals surface area contributed by atoms with Gasteiger partial charge in [-0.15, -0.1) is 10.2 Å². The molecule has 1 fully saturated rings. The zero-order chi connectivity index (χ0) is 24.9. The van der Waals surface area contributed by atoms with Crippen LogP contribution >= 0.6 is 0 Å². The summed E-state index contributed by atoms with van der Waals surface area (Å²) in [6, 6.07) is 2.90. The molecule has 2 aromatic rings. The van der Waals surface area contributed by atoms with Crippen molar-refractivity contribution in [1.82, 2.24) is 20.1 Å². The van der Waals surface area contributed by atoms with Gasteiger partial charge in [-0.05, 0) is 44.5 Å². The second-order valence-electron chi connectivity index (χ2n) is 8.00. The molecule has 0 aliphatic carbocycles. The summed E-state index contributed by atoms with van der Waals surface area (Å²) < 4.78 is 49.3. The predicted octanol–water partition coefficient (Wildman–Crippen LogP) is 3.23. The van der Waals surface area contributed by atoms with E-state index in [0.717, 1.165) is 38.4 Å². The topological polar surface area (TPSA) is 107 Å². The maximum absolute atomic E-state index is 13.1. The van der Waals surface area contributed by atoms with Crippen molar-refractivity contribution in [2.75, 3.05) is 31.6 Å². The van der Waals surface area contributed by atoms with E-state index in [4.69, 9.17) is 9.47 Å². The smallest absolute Gasteiger partial charge is 0.416 e. The number of nitrogens with zero attached hydrogens (tertiary/aromatic N) is 4. The average Bonchev–Trinajstić information content (AvgIpc) is 2.73. The van der Waals surface area contributed by atoms with Gasteiger partial charge < -0.3 is 14.8 Å². The molecule has 0 bridgehead atoms. The Morgan fingerprint density at radius 2 is 1.97 bits per heavy atom. The van der Waals surface area contributed by atoms with E-state index in [-0.39, 0.29) is 35.0 Å². The number of piperidine rings is 1. The van der Waals surface area contributed by atoms with E-state index in [1.54, 1.807) is 6.92 Å². The molecule has 1 atom stereocenters. The summed E-state index contributed by atoms with van der Waals surface area (Å²) in [7, 11) is 0. The third-order valence-electron chi connectivity index (χ3n) is 5.23. The minimum Gasteiger partial charge on any atom is -0.465 e. The van der Waals surface area contributed by atoms with Gasteiger partial charge in [0.2, 0.25) is 5.95 Å². The molecule has 0 saturated carbocycles. The number of alkyl halides is 3. The van der Waals surface area contributed by atoms with Crippen LogP contribution in [0.15, 0.2) is 18.2 Å². The number of esters is 2. The zero-order valence-electron chi connectivity index (χ0n) is 19.1. The standard InChI is InChI=1S/C22H26F3N5O4/c1-13-20(18-7-6-16(22(23,24)25)11-19(18)34-15(3)32)28-29-21(26-13)27-17-5-4-8-30(12-17)9-10-33-14(2)31/h6-7,11,17H,4-5,8-10,12H2,1-3H3,(H,26,27,29)/t17-/m1/s1. The van der Waals surface area contributed by atoms with Crippen molar-refractivity contribution in [1.29, 1.82) is 0 Å². The first kappa shape index (κ1) is 25.3. The molecule has 1 aliphatic heterocycles. The van der Waals surface area contributed by atoms with Crippen LogP contribution in [0.1, 0.15) is 37.9 Å². The predicted molar refractivity (Wildman–Crippen MR) is 116 cm³/mol. The molecule has 2 heterocycles. The molecule has 0 spiro atoms. The first-order chi connectivity index (χ1) is 16.0. The number of ether oxygens (including phenoxy) is 2. The van der Waals surface area contributed by atoms with Crippen LogP contribution in [0.5, 0.6) is 5.75 Å². The maximum atomic E-state index is 13.1. The highest BCUT2D eigenvalue weighted by Crippen LogP contribution is 2.37. The molecule has 1 aromatic heterocycles. The third-order valence-corrected chi connectivity index (χ3v) is 5.23. The van der Waals surface area contributed by atoms with E-state index in [1.165, 1.54) is 13.0 Å². The molecule has 1 N–H and O–H groups in total. The number of anilines is 1. The second kappa shape index (κ2) is 10.8. The fourth-order valence-corrected chi connectivity index (χ4v) is 3.72. The summed E-state index contributed by atoms with van der Waals surface area (Å²) >= 11 is 0. The monoisotopic (exact) mass is 481 g/mol. The molecule has 0 radical (unpaired) electrons. The average molecular weight is 481 g/mol. The quantitative estimate of drug-likeness (QED) is 0.471. The van der Waals surface area contributed by atoms with Gasteiger partial charge in [0.15, 0.2) is 0 Å². The highest BCUT2D eigenvalue weighted by Gasteiger charge is 2.32. The van der Waals surface area contributed by atoms with Crippen molar-refractivity contribution in [3.8, 4) is 17.0 Å². The Balaban J connectivity index is 1.75. The Kier molecular flexibility index (Phi) is 8.02. The summed E-state index contributed by atoms with van der Waals surface area (Å²) in [6.45, 7) is 6.68. The molecule has 184 valence electrons. The number of halogens is 3. The number of aromatic nitrogens is 3. The molecule has 1 aromatic carbocycles. The molecular weight excluding hydrogens is 455 g/mol. The van der Waals surface area contributed by atoms with Gasteiger partial charge in [0, 0.05) is 38.5 Å². The molecule has 3 rings (SSSR count). The minimum atomic E-state index is -4.59. The summed E-state index contributed by atoms with van der Waals surface area (Å²) in [4.78, 5) is 29.0. The number of nitrogens with one attached hydrogen (secondary N) is 1.